The Morgan fingerprint density at radius 1 is 1.29 bits per heavy atom. The third kappa shape index (κ3) is 3.95. The molecule has 0 aliphatic heterocycles. The van der Waals surface area contributed by atoms with Crippen LogP contribution in [0.3, 0.4) is 0 Å². The van der Waals surface area contributed by atoms with Crippen LogP contribution in [-0.4, -0.2) is 0 Å². The van der Waals surface area contributed by atoms with E-state index < -0.39 is 0 Å². The van der Waals surface area contributed by atoms with Crippen LogP contribution >= 0.6 is 0 Å². The minimum atomic E-state index is 0.830. The van der Waals surface area contributed by atoms with Gasteiger partial charge in [-0.3, -0.25) is 0 Å². The summed E-state index contributed by atoms with van der Waals surface area (Å²) in [5.74, 6) is 0.830. The standard InChI is InChI=1S/C14H22/c1-4-5-7-12(2)10-14-9-6-8-13(3)11-14/h6,8-9,11-12H,4-5,7,10H2,1-3H3. The van der Waals surface area contributed by atoms with Crippen molar-refractivity contribution in [2.24, 2.45) is 5.92 Å². The summed E-state index contributed by atoms with van der Waals surface area (Å²) in [7, 11) is 0. The Morgan fingerprint density at radius 2 is 2.07 bits per heavy atom. The molecule has 1 aromatic carbocycles. The Kier molecular flexibility index (Phi) is 4.72. The second-order valence-corrected chi connectivity index (χ2v) is 4.44. The van der Waals surface area contributed by atoms with Gasteiger partial charge in [0.25, 0.3) is 0 Å². The van der Waals surface area contributed by atoms with Crippen molar-refractivity contribution in [3.63, 3.8) is 0 Å². The van der Waals surface area contributed by atoms with Crippen molar-refractivity contribution in [1.82, 2.24) is 0 Å². The van der Waals surface area contributed by atoms with Gasteiger partial charge in [0.15, 0.2) is 0 Å². The van der Waals surface area contributed by atoms with Gasteiger partial charge in [-0.15, -0.1) is 0 Å². The molecule has 1 atom stereocenters. The fourth-order valence-corrected chi connectivity index (χ4v) is 1.90. The van der Waals surface area contributed by atoms with Crippen LogP contribution in [0.2, 0.25) is 0 Å². The molecule has 0 bridgehead atoms. The topological polar surface area (TPSA) is 0 Å². The SMILES string of the molecule is CCCCC(C)Cc1cccc(C)c1. The molecule has 14 heavy (non-hydrogen) atoms. The third-order valence-electron chi connectivity index (χ3n) is 2.72. The lowest BCUT2D eigenvalue weighted by molar-refractivity contribution is 0.503. The predicted octanol–water partition coefficient (Wildman–Crippen LogP) is 4.36. The highest BCUT2D eigenvalue weighted by Gasteiger charge is 2.02. The second kappa shape index (κ2) is 5.85. The Balaban J connectivity index is 2.43. The molecule has 0 heteroatoms. The zero-order chi connectivity index (χ0) is 10.4. The normalized spacial score (nSPS) is 12.8. The molecule has 78 valence electrons. The number of hydrogen-bond donors (Lipinski definition) is 0. The number of hydrogen-bond acceptors (Lipinski definition) is 0. The van der Waals surface area contributed by atoms with Gasteiger partial charge in [-0.05, 0) is 24.8 Å². The smallest absolute Gasteiger partial charge is 0.0253 e. The first-order valence-corrected chi connectivity index (χ1v) is 5.78. The summed E-state index contributed by atoms with van der Waals surface area (Å²) in [5.41, 5.74) is 2.87. The number of unbranched alkanes of at least 4 members (excludes halogenated alkanes) is 1. The largest absolute Gasteiger partial charge is 0.0654 e. The average molecular weight is 190 g/mol. The molecule has 0 amide bonds. The van der Waals surface area contributed by atoms with Crippen LogP contribution in [0.5, 0.6) is 0 Å². The highest BCUT2D eigenvalue weighted by molar-refractivity contribution is 5.22. The molecular weight excluding hydrogens is 168 g/mol. The number of rotatable bonds is 5. The van der Waals surface area contributed by atoms with E-state index in [4.69, 9.17) is 0 Å². The van der Waals surface area contributed by atoms with Crippen LogP contribution in [0, 0.1) is 12.8 Å². The number of benzene rings is 1. The van der Waals surface area contributed by atoms with Gasteiger partial charge in [0.1, 0.15) is 0 Å². The highest BCUT2D eigenvalue weighted by atomic mass is 14.1. The molecular formula is C14H22. The molecule has 0 spiro atoms. The van der Waals surface area contributed by atoms with E-state index in [1.807, 2.05) is 0 Å². The molecule has 0 nitrogen and oxygen atoms in total. The summed E-state index contributed by atoms with van der Waals surface area (Å²) in [5, 5.41) is 0. The van der Waals surface area contributed by atoms with Crippen molar-refractivity contribution < 1.29 is 0 Å². The Morgan fingerprint density at radius 3 is 2.71 bits per heavy atom. The first-order valence-electron chi connectivity index (χ1n) is 5.78. The molecule has 1 aromatic rings. The molecule has 0 aliphatic rings. The monoisotopic (exact) mass is 190 g/mol. The van der Waals surface area contributed by atoms with Gasteiger partial charge < -0.3 is 0 Å². The first kappa shape index (κ1) is 11.3. The van der Waals surface area contributed by atoms with E-state index in [2.05, 4.69) is 45.0 Å². The molecule has 0 aliphatic carbocycles. The van der Waals surface area contributed by atoms with Crippen LogP contribution in [-0.2, 0) is 6.42 Å². The maximum Gasteiger partial charge on any atom is -0.0253 e. The fourth-order valence-electron chi connectivity index (χ4n) is 1.90. The molecule has 0 fully saturated rings. The van der Waals surface area contributed by atoms with Crippen molar-refractivity contribution in [3.05, 3.63) is 35.4 Å². The van der Waals surface area contributed by atoms with Crippen LogP contribution in [0.15, 0.2) is 24.3 Å². The predicted molar refractivity (Wildman–Crippen MR) is 63.6 cm³/mol. The van der Waals surface area contributed by atoms with E-state index in [0.29, 0.717) is 0 Å². The van der Waals surface area contributed by atoms with E-state index in [0.717, 1.165) is 5.92 Å². The summed E-state index contributed by atoms with van der Waals surface area (Å²) < 4.78 is 0. The van der Waals surface area contributed by atoms with E-state index in [1.54, 1.807) is 0 Å². The van der Waals surface area contributed by atoms with Gasteiger partial charge in [-0.25, -0.2) is 0 Å². The Hall–Kier alpha value is -0.780. The van der Waals surface area contributed by atoms with Crippen molar-refractivity contribution >= 4 is 0 Å². The van der Waals surface area contributed by atoms with Crippen LogP contribution in [0.4, 0.5) is 0 Å². The van der Waals surface area contributed by atoms with Crippen molar-refractivity contribution in [2.45, 2.75) is 46.5 Å². The van der Waals surface area contributed by atoms with Gasteiger partial charge in [-0.1, -0.05) is 62.9 Å². The highest BCUT2D eigenvalue weighted by Crippen LogP contribution is 2.15. The summed E-state index contributed by atoms with van der Waals surface area (Å²) in [6.45, 7) is 6.79. The van der Waals surface area contributed by atoms with E-state index in [-0.39, 0.29) is 0 Å². The summed E-state index contributed by atoms with van der Waals surface area (Å²) in [6.07, 6.45) is 5.29. The zero-order valence-electron chi connectivity index (χ0n) is 9.72. The lowest BCUT2D eigenvalue weighted by atomic mass is 9.95. The van der Waals surface area contributed by atoms with Crippen molar-refractivity contribution in [3.8, 4) is 0 Å². The van der Waals surface area contributed by atoms with Gasteiger partial charge in [-0.2, -0.15) is 0 Å². The Labute approximate surface area is 88.4 Å². The summed E-state index contributed by atoms with van der Waals surface area (Å²) in [4.78, 5) is 0. The third-order valence-corrected chi connectivity index (χ3v) is 2.72. The van der Waals surface area contributed by atoms with Crippen molar-refractivity contribution in [2.75, 3.05) is 0 Å². The van der Waals surface area contributed by atoms with E-state index >= 15 is 0 Å². The Bertz CT molecular complexity index is 262. The van der Waals surface area contributed by atoms with Gasteiger partial charge >= 0.3 is 0 Å². The zero-order valence-corrected chi connectivity index (χ0v) is 9.72. The average Bonchev–Trinajstić information content (AvgIpc) is 2.15. The van der Waals surface area contributed by atoms with Gasteiger partial charge in [0.2, 0.25) is 0 Å². The van der Waals surface area contributed by atoms with Gasteiger partial charge in [0, 0.05) is 0 Å². The van der Waals surface area contributed by atoms with Crippen LogP contribution < -0.4 is 0 Å². The quantitative estimate of drug-likeness (QED) is 0.647. The lowest BCUT2D eigenvalue weighted by Gasteiger charge is -2.10. The molecule has 0 N–H and O–H groups in total. The minimum absolute atomic E-state index is 0.830. The molecule has 0 heterocycles. The van der Waals surface area contributed by atoms with E-state index in [1.165, 1.54) is 36.8 Å². The summed E-state index contributed by atoms with van der Waals surface area (Å²) >= 11 is 0. The number of aryl methyl sites for hydroxylation is 1. The molecule has 0 aromatic heterocycles. The maximum atomic E-state index is 2.36. The molecule has 0 saturated heterocycles. The fraction of sp³-hybridized carbons (Fsp3) is 0.571. The van der Waals surface area contributed by atoms with Crippen LogP contribution in [0.25, 0.3) is 0 Å². The first-order chi connectivity index (χ1) is 6.72. The molecule has 0 saturated carbocycles. The van der Waals surface area contributed by atoms with Gasteiger partial charge in [0.05, 0.1) is 0 Å². The minimum Gasteiger partial charge on any atom is -0.0654 e. The second-order valence-electron chi connectivity index (χ2n) is 4.44. The molecule has 1 rings (SSSR count). The van der Waals surface area contributed by atoms with Crippen LogP contribution in [0.1, 0.15) is 44.2 Å². The van der Waals surface area contributed by atoms with E-state index in [9.17, 15) is 0 Å². The molecule has 0 radical (unpaired) electrons. The van der Waals surface area contributed by atoms with Crippen molar-refractivity contribution in [1.29, 1.82) is 0 Å². The lowest BCUT2D eigenvalue weighted by Crippen LogP contribution is -1.99. The maximum absolute atomic E-state index is 2.36. The summed E-state index contributed by atoms with van der Waals surface area (Å²) in [6, 6.07) is 8.88. The molecule has 1 unspecified atom stereocenters.